The molecule has 116 valence electrons. The Kier molecular flexibility index (Phi) is 5.17. The fourth-order valence-electron chi connectivity index (χ4n) is 2.54. The van der Waals surface area contributed by atoms with E-state index >= 15 is 0 Å². The van der Waals surface area contributed by atoms with Crippen molar-refractivity contribution in [2.75, 3.05) is 38.5 Å². The predicted octanol–water partition coefficient (Wildman–Crippen LogP) is 1.99. The summed E-state index contributed by atoms with van der Waals surface area (Å²) < 4.78 is 0. The molecule has 1 aromatic heterocycles. The average Bonchev–Trinajstić information content (AvgIpc) is 2.47. The zero-order valence-electron chi connectivity index (χ0n) is 13.5. The van der Waals surface area contributed by atoms with Gasteiger partial charge in [-0.1, -0.05) is 6.92 Å². The fraction of sp³-hybridized carbons (Fsp3) is 0.625. The maximum atomic E-state index is 12.8. The molecule has 1 N–H and O–H groups in total. The number of likely N-dealkylation sites (N-methyl/N-ethyl adjacent to an activating group) is 1. The standard InChI is InChI=1S/C16H26N4O/c1-5-6-17-15-9-12(2)18-10-14(15)16(21)20-8-7-19(4)13(3)11-20/h9-10,13H,5-8,11H2,1-4H3,(H,17,18). The van der Waals surface area contributed by atoms with E-state index in [9.17, 15) is 4.79 Å². The molecule has 21 heavy (non-hydrogen) atoms. The number of nitrogens with zero attached hydrogens (tertiary/aromatic N) is 3. The highest BCUT2D eigenvalue weighted by atomic mass is 16.2. The number of aromatic nitrogens is 1. The quantitative estimate of drug-likeness (QED) is 0.921. The molecule has 5 heteroatoms. The molecule has 0 aliphatic carbocycles. The van der Waals surface area contributed by atoms with Crippen LogP contribution in [0.2, 0.25) is 0 Å². The summed E-state index contributed by atoms with van der Waals surface area (Å²) in [5, 5.41) is 3.35. The van der Waals surface area contributed by atoms with Crippen LogP contribution in [0.3, 0.4) is 0 Å². The first-order chi connectivity index (χ1) is 10.0. The van der Waals surface area contributed by atoms with E-state index in [1.807, 2.05) is 17.9 Å². The number of carbonyl (C=O) groups is 1. The van der Waals surface area contributed by atoms with Gasteiger partial charge in [0.2, 0.25) is 0 Å². The molecule has 0 bridgehead atoms. The summed E-state index contributed by atoms with van der Waals surface area (Å²) in [6.07, 6.45) is 2.74. The van der Waals surface area contributed by atoms with Gasteiger partial charge in [0.25, 0.3) is 5.91 Å². The number of piperazine rings is 1. The topological polar surface area (TPSA) is 48.5 Å². The van der Waals surface area contributed by atoms with Crippen LogP contribution in [0.25, 0.3) is 0 Å². The third kappa shape index (κ3) is 3.73. The summed E-state index contributed by atoms with van der Waals surface area (Å²) in [5.74, 6) is 0.0843. The van der Waals surface area contributed by atoms with E-state index in [2.05, 4.69) is 36.1 Å². The SMILES string of the molecule is CCCNc1cc(C)ncc1C(=O)N1CCN(C)C(C)C1. The molecule has 1 atom stereocenters. The zero-order valence-corrected chi connectivity index (χ0v) is 13.5. The number of rotatable bonds is 4. The van der Waals surface area contributed by atoms with Crippen LogP contribution in [0.1, 0.15) is 36.3 Å². The van der Waals surface area contributed by atoms with Crippen molar-refractivity contribution in [3.8, 4) is 0 Å². The maximum Gasteiger partial charge on any atom is 0.257 e. The first-order valence-corrected chi connectivity index (χ1v) is 7.73. The number of amides is 1. The van der Waals surface area contributed by atoms with Gasteiger partial charge in [0, 0.05) is 44.1 Å². The van der Waals surface area contributed by atoms with Crippen LogP contribution in [0.4, 0.5) is 5.69 Å². The first kappa shape index (κ1) is 15.8. The number of carbonyl (C=O) groups excluding carboxylic acids is 1. The molecule has 1 aliphatic rings. The molecule has 2 rings (SSSR count). The van der Waals surface area contributed by atoms with Crippen molar-refractivity contribution in [2.45, 2.75) is 33.2 Å². The summed E-state index contributed by atoms with van der Waals surface area (Å²) in [6.45, 7) is 9.56. The van der Waals surface area contributed by atoms with Crippen molar-refractivity contribution in [3.63, 3.8) is 0 Å². The second kappa shape index (κ2) is 6.89. The van der Waals surface area contributed by atoms with Crippen LogP contribution in [0.15, 0.2) is 12.3 Å². The van der Waals surface area contributed by atoms with Crippen LogP contribution in [0, 0.1) is 6.92 Å². The molecule has 0 radical (unpaired) electrons. The molecule has 2 heterocycles. The Morgan fingerprint density at radius 1 is 1.48 bits per heavy atom. The normalized spacial score (nSPS) is 19.6. The third-order valence-electron chi connectivity index (χ3n) is 4.08. The summed E-state index contributed by atoms with van der Waals surface area (Å²) >= 11 is 0. The third-order valence-corrected chi connectivity index (χ3v) is 4.08. The van der Waals surface area contributed by atoms with Gasteiger partial charge in [0.05, 0.1) is 11.3 Å². The smallest absolute Gasteiger partial charge is 0.257 e. The molecule has 0 saturated carbocycles. The molecular formula is C16H26N4O. The molecule has 1 fully saturated rings. The molecule has 1 unspecified atom stereocenters. The van der Waals surface area contributed by atoms with Crippen molar-refractivity contribution in [1.82, 2.24) is 14.8 Å². The van der Waals surface area contributed by atoms with E-state index in [1.165, 1.54) is 0 Å². The lowest BCUT2D eigenvalue weighted by Gasteiger charge is -2.37. The highest BCUT2D eigenvalue weighted by Crippen LogP contribution is 2.19. The summed E-state index contributed by atoms with van der Waals surface area (Å²) in [7, 11) is 2.11. The van der Waals surface area contributed by atoms with E-state index < -0.39 is 0 Å². The largest absolute Gasteiger partial charge is 0.384 e. The van der Waals surface area contributed by atoms with Gasteiger partial charge in [-0.05, 0) is 33.4 Å². The van der Waals surface area contributed by atoms with Gasteiger partial charge < -0.3 is 15.1 Å². The van der Waals surface area contributed by atoms with Crippen LogP contribution >= 0.6 is 0 Å². The zero-order chi connectivity index (χ0) is 15.4. The highest BCUT2D eigenvalue weighted by molar-refractivity contribution is 5.99. The predicted molar refractivity (Wildman–Crippen MR) is 85.8 cm³/mol. The second-order valence-corrected chi connectivity index (χ2v) is 5.88. The number of hydrogen-bond donors (Lipinski definition) is 1. The van der Waals surface area contributed by atoms with Gasteiger partial charge in [0.1, 0.15) is 0 Å². The minimum Gasteiger partial charge on any atom is -0.384 e. The van der Waals surface area contributed by atoms with E-state index in [-0.39, 0.29) is 5.91 Å². The molecule has 0 spiro atoms. The van der Waals surface area contributed by atoms with Gasteiger partial charge in [-0.15, -0.1) is 0 Å². The Morgan fingerprint density at radius 2 is 2.24 bits per heavy atom. The average molecular weight is 290 g/mol. The van der Waals surface area contributed by atoms with Crippen LogP contribution in [0.5, 0.6) is 0 Å². The number of pyridine rings is 1. The van der Waals surface area contributed by atoms with Crippen molar-refractivity contribution < 1.29 is 4.79 Å². The van der Waals surface area contributed by atoms with Gasteiger partial charge in [-0.25, -0.2) is 0 Å². The Hall–Kier alpha value is -1.62. The molecule has 1 aromatic rings. The van der Waals surface area contributed by atoms with Crippen LogP contribution < -0.4 is 5.32 Å². The summed E-state index contributed by atoms with van der Waals surface area (Å²) in [5.41, 5.74) is 2.52. The lowest BCUT2D eigenvalue weighted by molar-refractivity contribution is 0.0573. The minimum absolute atomic E-state index is 0.0843. The number of hydrogen-bond acceptors (Lipinski definition) is 4. The number of aryl methyl sites for hydroxylation is 1. The molecule has 1 amide bonds. The van der Waals surface area contributed by atoms with E-state index in [0.29, 0.717) is 11.6 Å². The molecule has 1 saturated heterocycles. The van der Waals surface area contributed by atoms with Gasteiger partial charge in [-0.3, -0.25) is 9.78 Å². The monoisotopic (exact) mass is 290 g/mol. The number of nitrogens with one attached hydrogen (secondary N) is 1. The van der Waals surface area contributed by atoms with Crippen LogP contribution in [-0.4, -0.2) is 60.0 Å². The summed E-state index contributed by atoms with van der Waals surface area (Å²) in [6, 6.07) is 2.36. The van der Waals surface area contributed by atoms with Gasteiger partial charge in [0.15, 0.2) is 0 Å². The van der Waals surface area contributed by atoms with E-state index in [0.717, 1.165) is 44.0 Å². The Morgan fingerprint density at radius 3 is 2.90 bits per heavy atom. The van der Waals surface area contributed by atoms with Gasteiger partial charge >= 0.3 is 0 Å². The lowest BCUT2D eigenvalue weighted by atomic mass is 10.1. The number of anilines is 1. The Labute approximate surface area is 127 Å². The highest BCUT2D eigenvalue weighted by Gasteiger charge is 2.26. The first-order valence-electron chi connectivity index (χ1n) is 7.73. The molecule has 5 nitrogen and oxygen atoms in total. The van der Waals surface area contributed by atoms with Crippen LogP contribution in [-0.2, 0) is 0 Å². The van der Waals surface area contributed by atoms with Crippen molar-refractivity contribution in [1.29, 1.82) is 0 Å². The fourth-order valence-corrected chi connectivity index (χ4v) is 2.54. The van der Waals surface area contributed by atoms with Gasteiger partial charge in [-0.2, -0.15) is 0 Å². The molecule has 0 aromatic carbocycles. The lowest BCUT2D eigenvalue weighted by Crippen LogP contribution is -2.52. The molecular weight excluding hydrogens is 264 g/mol. The maximum absolute atomic E-state index is 12.8. The molecule has 1 aliphatic heterocycles. The minimum atomic E-state index is 0.0843. The Balaban J connectivity index is 2.18. The van der Waals surface area contributed by atoms with E-state index in [1.54, 1.807) is 6.20 Å². The summed E-state index contributed by atoms with van der Waals surface area (Å²) in [4.78, 5) is 21.3. The Bertz CT molecular complexity index is 503. The van der Waals surface area contributed by atoms with Crippen molar-refractivity contribution >= 4 is 11.6 Å². The second-order valence-electron chi connectivity index (χ2n) is 5.88. The van der Waals surface area contributed by atoms with Crippen molar-refractivity contribution in [3.05, 3.63) is 23.5 Å². The van der Waals surface area contributed by atoms with Crippen molar-refractivity contribution in [2.24, 2.45) is 0 Å². The van der Waals surface area contributed by atoms with E-state index in [4.69, 9.17) is 0 Å².